The second kappa shape index (κ2) is 7.25. The first-order chi connectivity index (χ1) is 14.0. The molecule has 8 heteroatoms. The van der Waals surface area contributed by atoms with E-state index in [1.165, 1.54) is 23.2 Å². The molecule has 0 aliphatic heterocycles. The van der Waals surface area contributed by atoms with Gasteiger partial charge in [0.25, 0.3) is 0 Å². The Morgan fingerprint density at radius 1 is 1.03 bits per heavy atom. The Morgan fingerprint density at radius 2 is 1.79 bits per heavy atom. The number of halogens is 1. The molecule has 1 aromatic carbocycles. The van der Waals surface area contributed by atoms with Crippen molar-refractivity contribution in [3.8, 4) is 0 Å². The topological polar surface area (TPSA) is 69.3 Å². The summed E-state index contributed by atoms with van der Waals surface area (Å²) in [4.78, 5) is 9.27. The lowest BCUT2D eigenvalue weighted by molar-refractivity contribution is 0.428. The molecule has 1 fully saturated rings. The number of hydrogen-bond acceptors (Lipinski definition) is 4. The van der Waals surface area contributed by atoms with Crippen LogP contribution in [0.1, 0.15) is 49.4 Å². The van der Waals surface area contributed by atoms with Crippen molar-refractivity contribution in [3.63, 3.8) is 0 Å². The number of benzene rings is 1. The minimum atomic E-state index is -3.59. The molecular formula is C21H21BrN4O2S. The summed E-state index contributed by atoms with van der Waals surface area (Å²) in [5.41, 5.74) is 2.84. The van der Waals surface area contributed by atoms with Crippen molar-refractivity contribution in [2.75, 3.05) is 0 Å². The van der Waals surface area contributed by atoms with E-state index in [0.717, 1.165) is 39.9 Å². The van der Waals surface area contributed by atoms with Crippen LogP contribution in [0.2, 0.25) is 0 Å². The number of imidazole rings is 1. The molecule has 0 spiro atoms. The summed E-state index contributed by atoms with van der Waals surface area (Å²) in [6.45, 7) is 0. The van der Waals surface area contributed by atoms with E-state index in [2.05, 4.69) is 25.3 Å². The van der Waals surface area contributed by atoms with Gasteiger partial charge in [-0.2, -0.15) is 0 Å². The average molecular weight is 473 g/mol. The second-order valence-electron chi connectivity index (χ2n) is 7.64. The molecule has 3 heterocycles. The van der Waals surface area contributed by atoms with Crippen LogP contribution in [0.4, 0.5) is 0 Å². The minimum Gasteiger partial charge on any atom is -0.290 e. The lowest BCUT2D eigenvalue weighted by Gasteiger charge is -2.20. The van der Waals surface area contributed by atoms with Crippen LogP contribution in [0.25, 0.3) is 16.7 Å². The zero-order valence-corrected chi connectivity index (χ0v) is 18.2. The van der Waals surface area contributed by atoms with Gasteiger partial charge in [0.15, 0.2) is 5.65 Å². The highest BCUT2D eigenvalue weighted by Crippen LogP contribution is 2.35. The minimum absolute atomic E-state index is 0.0690. The maximum atomic E-state index is 13.1. The third kappa shape index (κ3) is 3.28. The van der Waals surface area contributed by atoms with E-state index in [0.29, 0.717) is 11.6 Å². The molecule has 4 aromatic rings. The van der Waals surface area contributed by atoms with Gasteiger partial charge in [-0.3, -0.25) is 4.40 Å². The molecular weight excluding hydrogens is 452 g/mol. The van der Waals surface area contributed by atoms with Crippen molar-refractivity contribution in [1.82, 2.24) is 18.3 Å². The summed E-state index contributed by atoms with van der Waals surface area (Å²) in [6.07, 6.45) is 9.22. The molecule has 0 bridgehead atoms. The lowest BCUT2D eigenvalue weighted by Crippen LogP contribution is -2.15. The van der Waals surface area contributed by atoms with E-state index in [1.807, 2.05) is 36.4 Å². The summed E-state index contributed by atoms with van der Waals surface area (Å²) in [7, 11) is -3.59. The third-order valence-electron chi connectivity index (χ3n) is 5.71. The molecule has 1 aliphatic rings. The van der Waals surface area contributed by atoms with Crippen LogP contribution in [0, 0.1) is 0 Å². The van der Waals surface area contributed by atoms with E-state index in [4.69, 9.17) is 4.98 Å². The highest BCUT2D eigenvalue weighted by Gasteiger charge is 2.25. The van der Waals surface area contributed by atoms with Crippen molar-refractivity contribution in [2.24, 2.45) is 0 Å². The first-order valence-electron chi connectivity index (χ1n) is 9.86. The predicted molar refractivity (Wildman–Crippen MR) is 116 cm³/mol. The largest absolute Gasteiger partial charge is 0.290 e. The summed E-state index contributed by atoms with van der Waals surface area (Å²) in [5.74, 6) is 1.31. The molecule has 0 N–H and O–H groups in total. The number of fused-ring (bicyclic) bond motifs is 3. The summed E-state index contributed by atoms with van der Waals surface area (Å²) in [5, 5.41) is 0. The predicted octanol–water partition coefficient (Wildman–Crippen LogP) is 4.87. The molecule has 29 heavy (non-hydrogen) atoms. The van der Waals surface area contributed by atoms with Gasteiger partial charge in [0.1, 0.15) is 10.4 Å². The van der Waals surface area contributed by atoms with Crippen molar-refractivity contribution in [2.45, 2.75) is 43.8 Å². The van der Waals surface area contributed by atoms with Crippen molar-refractivity contribution >= 4 is 42.6 Å². The standard InChI is InChI=1S/C21H21BrN4O2S/c22-19-18-13-23-21-17(26(18)20(24-19)16-9-5-2-6-10-16)11-12-25(21)29(27,28)14-15-7-3-1-4-8-15/h1,3-4,7-8,11-13,16H,2,5-6,9-10,14H2. The van der Waals surface area contributed by atoms with E-state index in [9.17, 15) is 8.42 Å². The molecule has 0 unspecified atom stereocenters. The van der Waals surface area contributed by atoms with Gasteiger partial charge in [-0.15, -0.1) is 0 Å². The maximum absolute atomic E-state index is 13.1. The van der Waals surface area contributed by atoms with Gasteiger partial charge in [-0.25, -0.2) is 22.4 Å². The Hall–Kier alpha value is -2.19. The van der Waals surface area contributed by atoms with Crippen molar-refractivity contribution in [3.05, 3.63) is 64.8 Å². The summed E-state index contributed by atoms with van der Waals surface area (Å²) >= 11 is 3.56. The van der Waals surface area contributed by atoms with Crippen LogP contribution in [0.15, 0.2) is 53.4 Å². The van der Waals surface area contributed by atoms with Gasteiger partial charge in [0.2, 0.25) is 10.0 Å². The Kier molecular flexibility index (Phi) is 4.70. The Bertz CT molecular complexity index is 1290. The van der Waals surface area contributed by atoms with Gasteiger partial charge in [0, 0.05) is 12.1 Å². The highest BCUT2D eigenvalue weighted by molar-refractivity contribution is 9.10. The van der Waals surface area contributed by atoms with Crippen LogP contribution in [0.3, 0.4) is 0 Å². The van der Waals surface area contributed by atoms with Crippen molar-refractivity contribution in [1.29, 1.82) is 0 Å². The molecule has 0 saturated heterocycles. The van der Waals surface area contributed by atoms with E-state index in [1.54, 1.807) is 12.4 Å². The molecule has 1 saturated carbocycles. The van der Waals surface area contributed by atoms with Crippen LogP contribution in [-0.2, 0) is 15.8 Å². The summed E-state index contributed by atoms with van der Waals surface area (Å²) in [6, 6.07) is 11.0. The molecule has 1 aliphatic carbocycles. The number of nitrogens with zero attached hydrogens (tertiary/aromatic N) is 4. The molecule has 0 radical (unpaired) electrons. The fourth-order valence-electron chi connectivity index (χ4n) is 4.32. The molecule has 0 amide bonds. The molecule has 150 valence electrons. The molecule has 6 nitrogen and oxygen atoms in total. The fourth-order valence-corrected chi connectivity index (χ4v) is 6.18. The van der Waals surface area contributed by atoms with E-state index < -0.39 is 10.0 Å². The maximum Gasteiger partial charge on any atom is 0.244 e. The number of rotatable bonds is 4. The van der Waals surface area contributed by atoms with Gasteiger partial charge in [0.05, 0.1) is 23.0 Å². The van der Waals surface area contributed by atoms with Gasteiger partial charge in [-0.1, -0.05) is 49.6 Å². The number of hydrogen-bond donors (Lipinski definition) is 0. The zero-order chi connectivity index (χ0) is 20.0. The molecule has 3 aromatic heterocycles. The Balaban J connectivity index is 1.65. The van der Waals surface area contributed by atoms with Gasteiger partial charge < -0.3 is 0 Å². The van der Waals surface area contributed by atoms with E-state index >= 15 is 0 Å². The zero-order valence-electron chi connectivity index (χ0n) is 15.8. The van der Waals surface area contributed by atoms with E-state index in [-0.39, 0.29) is 5.75 Å². The smallest absolute Gasteiger partial charge is 0.244 e. The number of aromatic nitrogens is 4. The molecule has 0 atom stereocenters. The Labute approximate surface area is 177 Å². The van der Waals surface area contributed by atoms with Crippen LogP contribution < -0.4 is 0 Å². The van der Waals surface area contributed by atoms with Crippen molar-refractivity contribution < 1.29 is 8.42 Å². The lowest BCUT2D eigenvalue weighted by atomic mass is 9.89. The van der Waals surface area contributed by atoms with Gasteiger partial charge >= 0.3 is 0 Å². The summed E-state index contributed by atoms with van der Waals surface area (Å²) < 4.78 is 30.3. The van der Waals surface area contributed by atoms with Crippen LogP contribution >= 0.6 is 15.9 Å². The van der Waals surface area contributed by atoms with Crippen LogP contribution in [0.5, 0.6) is 0 Å². The second-order valence-corrected chi connectivity index (χ2v) is 10.2. The fraction of sp³-hybridized carbons (Fsp3) is 0.333. The van der Waals surface area contributed by atoms with Gasteiger partial charge in [-0.05, 0) is 40.4 Å². The SMILES string of the molecule is O=S(=O)(Cc1ccccc1)n1ccc2c1ncc1c(Br)nc(C3CCCCC3)n12. The Morgan fingerprint density at radius 3 is 2.55 bits per heavy atom. The molecule has 5 rings (SSSR count). The monoisotopic (exact) mass is 472 g/mol. The average Bonchev–Trinajstić information content (AvgIpc) is 3.31. The third-order valence-corrected chi connectivity index (χ3v) is 7.89. The first-order valence-corrected chi connectivity index (χ1v) is 12.3. The first kappa shape index (κ1) is 18.8. The highest BCUT2D eigenvalue weighted by atomic mass is 79.9. The van der Waals surface area contributed by atoms with Crippen LogP contribution in [-0.4, -0.2) is 26.8 Å². The normalized spacial score (nSPS) is 16.0. The quantitative estimate of drug-likeness (QED) is 0.424.